The number of para-hydroxylation sites is 1. The Balaban J connectivity index is 1.49. The van der Waals surface area contributed by atoms with Crippen molar-refractivity contribution < 1.29 is 9.53 Å². The van der Waals surface area contributed by atoms with E-state index in [1.807, 2.05) is 54.6 Å². The highest BCUT2D eigenvalue weighted by Crippen LogP contribution is 2.29. The number of carbonyl (C=O) groups excluding carboxylic acids is 1. The van der Waals surface area contributed by atoms with Gasteiger partial charge in [0.25, 0.3) is 5.91 Å². The summed E-state index contributed by atoms with van der Waals surface area (Å²) in [5, 5.41) is 14.9. The molecule has 9 nitrogen and oxygen atoms in total. The smallest absolute Gasteiger partial charge is 0.258 e. The van der Waals surface area contributed by atoms with Crippen LogP contribution in [0.25, 0.3) is 33.2 Å². The molecule has 5 N–H and O–H groups in total. The molecule has 0 unspecified atom stereocenters. The molecule has 0 aliphatic rings. The third-order valence-electron chi connectivity index (χ3n) is 5.07. The molecule has 33 heavy (non-hydrogen) atoms. The molecule has 0 atom stereocenters. The van der Waals surface area contributed by atoms with E-state index in [4.69, 9.17) is 20.4 Å². The minimum Gasteiger partial charge on any atom is -0.484 e. The summed E-state index contributed by atoms with van der Waals surface area (Å²) in [4.78, 5) is 21.2. The Morgan fingerprint density at radius 2 is 1.94 bits per heavy atom. The van der Waals surface area contributed by atoms with Crippen molar-refractivity contribution in [3.63, 3.8) is 0 Å². The number of nitrogens with zero attached hydrogens (tertiary/aromatic N) is 3. The second kappa shape index (κ2) is 8.93. The molecule has 0 aliphatic carbocycles. The van der Waals surface area contributed by atoms with Gasteiger partial charge in [0.15, 0.2) is 12.4 Å². The zero-order chi connectivity index (χ0) is 22.6. The number of amides is 1. The molecule has 0 saturated carbocycles. The van der Waals surface area contributed by atoms with Gasteiger partial charge in [-0.1, -0.05) is 24.3 Å². The SMILES string of the molecule is NCNC(=O)COc1cccc(-c2nc(Nc3ccc4[nH]ncc4c3)c3ccccc3n2)c1. The summed E-state index contributed by atoms with van der Waals surface area (Å²) in [7, 11) is 0. The van der Waals surface area contributed by atoms with Gasteiger partial charge in [-0.2, -0.15) is 5.10 Å². The molecule has 0 aliphatic heterocycles. The molecule has 1 amide bonds. The lowest BCUT2D eigenvalue weighted by Gasteiger charge is -2.12. The normalized spacial score (nSPS) is 10.9. The van der Waals surface area contributed by atoms with Gasteiger partial charge < -0.3 is 21.1 Å². The zero-order valence-electron chi connectivity index (χ0n) is 17.6. The number of H-pyrrole nitrogens is 1. The van der Waals surface area contributed by atoms with Crippen molar-refractivity contribution in [3.05, 3.63) is 72.9 Å². The van der Waals surface area contributed by atoms with Crippen LogP contribution in [0.2, 0.25) is 0 Å². The highest BCUT2D eigenvalue weighted by Gasteiger charge is 2.11. The number of aromatic amines is 1. The standard InChI is InChI=1S/C24H21N7O2/c25-14-26-22(32)13-33-18-5-3-4-15(11-18)23-29-21-7-2-1-6-19(21)24(30-23)28-17-8-9-20-16(10-17)12-27-31-20/h1-12H,13-14,25H2,(H,26,32)(H,27,31)(H,28,29,30). The summed E-state index contributed by atoms with van der Waals surface area (Å²) in [6.07, 6.45) is 1.78. The Labute approximate surface area is 189 Å². The maximum Gasteiger partial charge on any atom is 0.258 e. The van der Waals surface area contributed by atoms with Crippen LogP contribution in [-0.2, 0) is 4.79 Å². The van der Waals surface area contributed by atoms with Gasteiger partial charge in [-0.3, -0.25) is 9.89 Å². The van der Waals surface area contributed by atoms with E-state index in [0.29, 0.717) is 17.4 Å². The molecule has 9 heteroatoms. The average molecular weight is 439 g/mol. The first-order valence-corrected chi connectivity index (χ1v) is 10.4. The van der Waals surface area contributed by atoms with Crippen LogP contribution in [0.15, 0.2) is 72.9 Å². The molecule has 5 aromatic rings. The summed E-state index contributed by atoms with van der Waals surface area (Å²) in [6.45, 7) is -0.0566. The molecule has 0 spiro atoms. The van der Waals surface area contributed by atoms with Gasteiger partial charge in [0.1, 0.15) is 11.6 Å². The number of hydrogen-bond donors (Lipinski definition) is 4. The number of aromatic nitrogens is 4. The van der Waals surface area contributed by atoms with Crippen LogP contribution in [0.3, 0.4) is 0 Å². The fourth-order valence-corrected chi connectivity index (χ4v) is 3.50. The highest BCUT2D eigenvalue weighted by atomic mass is 16.5. The first-order chi connectivity index (χ1) is 16.2. The van der Waals surface area contributed by atoms with Crippen molar-refractivity contribution >= 4 is 39.2 Å². The predicted octanol–water partition coefficient (Wildman–Crippen LogP) is 3.33. The number of rotatable bonds is 7. The van der Waals surface area contributed by atoms with Gasteiger partial charge >= 0.3 is 0 Å². The summed E-state index contributed by atoms with van der Waals surface area (Å²) >= 11 is 0. The lowest BCUT2D eigenvalue weighted by molar-refractivity contribution is -0.123. The summed E-state index contributed by atoms with van der Waals surface area (Å²) in [6, 6.07) is 21.1. The number of nitrogens with two attached hydrogens (primary N) is 1. The fraction of sp³-hybridized carbons (Fsp3) is 0.0833. The quantitative estimate of drug-likeness (QED) is 0.286. The number of carbonyl (C=O) groups is 1. The van der Waals surface area contributed by atoms with Crippen LogP contribution in [0.5, 0.6) is 5.75 Å². The number of benzene rings is 3. The largest absolute Gasteiger partial charge is 0.484 e. The minimum atomic E-state index is -0.286. The topological polar surface area (TPSA) is 131 Å². The van der Waals surface area contributed by atoms with Gasteiger partial charge in [-0.15, -0.1) is 0 Å². The first-order valence-electron chi connectivity index (χ1n) is 10.4. The van der Waals surface area contributed by atoms with E-state index in [1.165, 1.54) is 0 Å². The van der Waals surface area contributed by atoms with E-state index in [0.717, 1.165) is 33.1 Å². The fourth-order valence-electron chi connectivity index (χ4n) is 3.50. The van der Waals surface area contributed by atoms with Crippen LogP contribution in [0.1, 0.15) is 0 Å². The number of anilines is 2. The van der Waals surface area contributed by atoms with Crippen molar-refractivity contribution in [2.24, 2.45) is 5.73 Å². The summed E-state index contributed by atoms with van der Waals surface area (Å²) in [5.41, 5.74) is 8.75. The Morgan fingerprint density at radius 3 is 2.85 bits per heavy atom. The molecular formula is C24H21N7O2. The van der Waals surface area contributed by atoms with E-state index < -0.39 is 0 Å². The molecule has 2 aromatic heterocycles. The van der Waals surface area contributed by atoms with E-state index >= 15 is 0 Å². The Kier molecular flexibility index (Phi) is 5.52. The molecule has 164 valence electrons. The second-order valence-corrected chi connectivity index (χ2v) is 7.33. The minimum absolute atomic E-state index is 0.0659. The third kappa shape index (κ3) is 4.43. The maximum absolute atomic E-state index is 11.6. The molecule has 0 radical (unpaired) electrons. The number of fused-ring (bicyclic) bond motifs is 2. The van der Waals surface area contributed by atoms with Crippen LogP contribution >= 0.6 is 0 Å². The van der Waals surface area contributed by atoms with E-state index in [9.17, 15) is 4.79 Å². The highest BCUT2D eigenvalue weighted by molar-refractivity contribution is 5.93. The van der Waals surface area contributed by atoms with Gasteiger partial charge in [-0.05, 0) is 42.5 Å². The van der Waals surface area contributed by atoms with Gasteiger partial charge in [0, 0.05) is 22.0 Å². The van der Waals surface area contributed by atoms with E-state index in [1.54, 1.807) is 18.3 Å². The number of nitrogens with one attached hydrogen (secondary N) is 3. The van der Waals surface area contributed by atoms with Gasteiger partial charge in [0.05, 0.1) is 23.9 Å². The lowest BCUT2D eigenvalue weighted by atomic mass is 10.1. The van der Waals surface area contributed by atoms with Gasteiger partial charge in [0.2, 0.25) is 0 Å². The predicted molar refractivity (Wildman–Crippen MR) is 127 cm³/mol. The van der Waals surface area contributed by atoms with E-state index in [2.05, 4.69) is 20.8 Å². The van der Waals surface area contributed by atoms with Crippen molar-refractivity contribution in [2.75, 3.05) is 18.6 Å². The summed E-state index contributed by atoms with van der Waals surface area (Å²) < 4.78 is 5.58. The molecule has 0 fully saturated rings. The third-order valence-corrected chi connectivity index (χ3v) is 5.07. The maximum atomic E-state index is 11.6. The Morgan fingerprint density at radius 1 is 1.03 bits per heavy atom. The number of ether oxygens (including phenoxy) is 1. The van der Waals surface area contributed by atoms with Crippen LogP contribution in [0.4, 0.5) is 11.5 Å². The van der Waals surface area contributed by atoms with Crippen LogP contribution in [-0.4, -0.2) is 39.3 Å². The molecule has 0 saturated heterocycles. The van der Waals surface area contributed by atoms with Gasteiger partial charge in [-0.25, -0.2) is 9.97 Å². The molecule has 0 bridgehead atoms. The molecule has 3 aromatic carbocycles. The first kappa shape index (κ1) is 20.4. The van der Waals surface area contributed by atoms with Crippen LogP contribution in [0, 0.1) is 0 Å². The Bertz CT molecular complexity index is 1450. The van der Waals surface area contributed by atoms with Crippen molar-refractivity contribution in [2.45, 2.75) is 0 Å². The monoisotopic (exact) mass is 439 g/mol. The number of hydrogen-bond acceptors (Lipinski definition) is 7. The summed E-state index contributed by atoms with van der Waals surface area (Å²) in [5.74, 6) is 1.48. The molecule has 2 heterocycles. The average Bonchev–Trinajstić information content (AvgIpc) is 3.31. The molecular weight excluding hydrogens is 418 g/mol. The Hall–Kier alpha value is -4.50. The van der Waals surface area contributed by atoms with E-state index in [-0.39, 0.29) is 19.2 Å². The van der Waals surface area contributed by atoms with Crippen molar-refractivity contribution in [1.29, 1.82) is 0 Å². The van der Waals surface area contributed by atoms with Crippen LogP contribution < -0.4 is 21.1 Å². The zero-order valence-corrected chi connectivity index (χ0v) is 17.6. The van der Waals surface area contributed by atoms with Crippen molar-refractivity contribution in [3.8, 4) is 17.1 Å². The second-order valence-electron chi connectivity index (χ2n) is 7.33. The van der Waals surface area contributed by atoms with Crippen molar-refractivity contribution in [1.82, 2.24) is 25.5 Å². The lowest BCUT2D eigenvalue weighted by Crippen LogP contribution is -2.33. The molecule has 5 rings (SSSR count).